The van der Waals surface area contributed by atoms with Crippen molar-refractivity contribution in [1.29, 1.82) is 0 Å². The summed E-state index contributed by atoms with van der Waals surface area (Å²) in [5.41, 5.74) is 2.31. The molecule has 3 heterocycles. The number of para-hydroxylation sites is 1. The summed E-state index contributed by atoms with van der Waals surface area (Å²) in [6.45, 7) is 3.02. The molecule has 1 aliphatic heterocycles. The van der Waals surface area contributed by atoms with Crippen LogP contribution in [0.15, 0.2) is 79.3 Å². The van der Waals surface area contributed by atoms with Crippen molar-refractivity contribution in [2.24, 2.45) is 0 Å². The molecule has 2 aromatic carbocycles. The highest BCUT2D eigenvalue weighted by molar-refractivity contribution is 5.97. The van der Waals surface area contributed by atoms with Crippen LogP contribution in [0.4, 0.5) is 0 Å². The highest BCUT2D eigenvalue weighted by atomic mass is 16.6. The third kappa shape index (κ3) is 3.66. The topological polar surface area (TPSA) is 70.3 Å². The predicted octanol–water partition coefficient (Wildman–Crippen LogP) is 3.93. The van der Waals surface area contributed by atoms with Crippen LogP contribution in [-0.4, -0.2) is 33.5 Å². The largest absolute Gasteiger partial charge is 0.486 e. The number of hydrogen-bond donors (Lipinski definition) is 1. The van der Waals surface area contributed by atoms with Gasteiger partial charge in [-0.25, -0.2) is 4.68 Å². The SMILES string of the molecule is CC(NC(=O)c1cnn(-c2ccccc2)c1-n1cccc1)c1ccc2c(c1)OCCO2. The number of nitrogens with zero attached hydrogens (tertiary/aromatic N) is 3. The molecule has 0 fully saturated rings. The van der Waals surface area contributed by atoms with Crippen LogP contribution < -0.4 is 14.8 Å². The van der Waals surface area contributed by atoms with Crippen LogP contribution in [-0.2, 0) is 0 Å². The van der Waals surface area contributed by atoms with Crippen molar-refractivity contribution < 1.29 is 14.3 Å². The van der Waals surface area contributed by atoms with Gasteiger partial charge in [0.2, 0.25) is 0 Å². The van der Waals surface area contributed by atoms with E-state index < -0.39 is 0 Å². The fraction of sp³-hybridized carbons (Fsp3) is 0.167. The highest BCUT2D eigenvalue weighted by Crippen LogP contribution is 2.32. The van der Waals surface area contributed by atoms with Gasteiger partial charge in [-0.3, -0.25) is 4.79 Å². The number of benzene rings is 2. The maximum Gasteiger partial charge on any atom is 0.257 e. The second-order valence-electron chi connectivity index (χ2n) is 7.32. The normalized spacial score (nSPS) is 13.6. The highest BCUT2D eigenvalue weighted by Gasteiger charge is 2.22. The van der Waals surface area contributed by atoms with Gasteiger partial charge in [-0.1, -0.05) is 24.3 Å². The van der Waals surface area contributed by atoms with Crippen molar-refractivity contribution in [1.82, 2.24) is 19.7 Å². The second-order valence-corrected chi connectivity index (χ2v) is 7.32. The molecule has 2 aromatic heterocycles. The van der Waals surface area contributed by atoms with Gasteiger partial charge in [0.1, 0.15) is 18.8 Å². The van der Waals surface area contributed by atoms with Crippen molar-refractivity contribution in [3.8, 4) is 23.0 Å². The lowest BCUT2D eigenvalue weighted by Crippen LogP contribution is -2.27. The Balaban J connectivity index is 1.45. The monoisotopic (exact) mass is 414 g/mol. The standard InChI is InChI=1S/C24H22N4O3/c1-17(18-9-10-21-22(15-18)31-14-13-30-21)26-23(29)20-16-25-28(19-7-3-2-4-8-19)24(20)27-11-5-6-12-27/h2-12,15-17H,13-14H2,1H3,(H,26,29). The molecule has 7 nitrogen and oxygen atoms in total. The van der Waals surface area contributed by atoms with E-state index in [1.165, 1.54) is 0 Å². The zero-order valence-electron chi connectivity index (χ0n) is 17.1. The first kappa shape index (κ1) is 19.0. The molecule has 0 aliphatic carbocycles. The fourth-order valence-electron chi connectivity index (χ4n) is 3.67. The van der Waals surface area contributed by atoms with E-state index in [0.717, 1.165) is 17.0 Å². The number of hydrogen-bond acceptors (Lipinski definition) is 4. The molecule has 1 unspecified atom stereocenters. The van der Waals surface area contributed by atoms with Crippen molar-refractivity contribution in [3.05, 3.63) is 90.4 Å². The third-order valence-corrected chi connectivity index (χ3v) is 5.25. The number of nitrogens with one attached hydrogen (secondary N) is 1. The summed E-state index contributed by atoms with van der Waals surface area (Å²) in [6.07, 6.45) is 5.41. The molecular formula is C24H22N4O3. The Morgan fingerprint density at radius 3 is 2.52 bits per heavy atom. The van der Waals surface area contributed by atoms with Gasteiger partial charge in [-0.05, 0) is 48.9 Å². The molecule has 1 aliphatic rings. The van der Waals surface area contributed by atoms with Crippen LogP contribution in [0.5, 0.6) is 11.5 Å². The van der Waals surface area contributed by atoms with Crippen LogP contribution in [0.3, 0.4) is 0 Å². The zero-order valence-corrected chi connectivity index (χ0v) is 17.1. The number of amides is 1. The van der Waals surface area contributed by atoms with Crippen LogP contribution >= 0.6 is 0 Å². The third-order valence-electron chi connectivity index (χ3n) is 5.25. The number of ether oxygens (including phenoxy) is 2. The molecule has 1 N–H and O–H groups in total. The van der Waals surface area contributed by atoms with E-state index in [-0.39, 0.29) is 11.9 Å². The number of carbonyl (C=O) groups excluding carboxylic acids is 1. The molecule has 1 atom stereocenters. The first-order chi connectivity index (χ1) is 15.2. The lowest BCUT2D eigenvalue weighted by Gasteiger charge is -2.21. The molecule has 31 heavy (non-hydrogen) atoms. The van der Waals surface area contributed by atoms with E-state index in [1.54, 1.807) is 10.9 Å². The van der Waals surface area contributed by atoms with Gasteiger partial charge in [-0.2, -0.15) is 5.10 Å². The number of rotatable bonds is 5. The summed E-state index contributed by atoms with van der Waals surface area (Å²) in [5, 5.41) is 7.58. The quantitative estimate of drug-likeness (QED) is 0.537. The molecule has 0 spiro atoms. The van der Waals surface area contributed by atoms with E-state index in [9.17, 15) is 4.79 Å². The number of fused-ring (bicyclic) bond motifs is 1. The van der Waals surface area contributed by atoms with E-state index >= 15 is 0 Å². The van der Waals surface area contributed by atoms with Gasteiger partial charge < -0.3 is 19.4 Å². The number of carbonyl (C=O) groups is 1. The van der Waals surface area contributed by atoms with Crippen LogP contribution in [0, 0.1) is 0 Å². The van der Waals surface area contributed by atoms with Gasteiger partial charge >= 0.3 is 0 Å². The Labute approximate surface area is 179 Å². The van der Waals surface area contributed by atoms with Gasteiger partial charge in [0.15, 0.2) is 17.3 Å². The number of aromatic nitrogens is 3. The fourth-order valence-corrected chi connectivity index (χ4v) is 3.67. The molecule has 7 heteroatoms. The minimum Gasteiger partial charge on any atom is -0.486 e. The van der Waals surface area contributed by atoms with Crippen molar-refractivity contribution in [3.63, 3.8) is 0 Å². The average molecular weight is 414 g/mol. The Morgan fingerprint density at radius 1 is 1.00 bits per heavy atom. The van der Waals surface area contributed by atoms with Crippen LogP contribution in [0.2, 0.25) is 0 Å². The summed E-state index contributed by atoms with van der Waals surface area (Å²) in [4.78, 5) is 13.2. The molecular weight excluding hydrogens is 392 g/mol. The van der Waals surface area contributed by atoms with E-state index in [4.69, 9.17) is 9.47 Å². The van der Waals surface area contributed by atoms with Gasteiger partial charge in [0.05, 0.1) is 17.9 Å². The molecule has 4 aromatic rings. The maximum atomic E-state index is 13.2. The Bertz CT molecular complexity index is 1200. The van der Waals surface area contributed by atoms with Crippen molar-refractivity contribution in [2.75, 3.05) is 13.2 Å². The van der Waals surface area contributed by atoms with Gasteiger partial charge in [0, 0.05) is 12.4 Å². The van der Waals surface area contributed by atoms with Crippen LogP contribution in [0.25, 0.3) is 11.5 Å². The van der Waals surface area contributed by atoms with Gasteiger partial charge in [-0.15, -0.1) is 0 Å². The molecule has 5 rings (SSSR count). The maximum absolute atomic E-state index is 13.2. The summed E-state index contributed by atoms with van der Waals surface area (Å²) < 4.78 is 14.9. The van der Waals surface area contributed by atoms with E-state index in [1.807, 2.05) is 84.5 Å². The van der Waals surface area contributed by atoms with Gasteiger partial charge in [0.25, 0.3) is 5.91 Å². The van der Waals surface area contributed by atoms with Crippen molar-refractivity contribution in [2.45, 2.75) is 13.0 Å². The molecule has 0 saturated carbocycles. The minimum absolute atomic E-state index is 0.201. The Hall–Kier alpha value is -4.00. The lowest BCUT2D eigenvalue weighted by atomic mass is 10.1. The van der Waals surface area contributed by atoms with E-state index in [2.05, 4.69) is 10.4 Å². The molecule has 1 amide bonds. The van der Waals surface area contributed by atoms with Crippen LogP contribution in [0.1, 0.15) is 28.9 Å². The molecule has 0 saturated heterocycles. The predicted molar refractivity (Wildman–Crippen MR) is 116 cm³/mol. The average Bonchev–Trinajstić information content (AvgIpc) is 3.49. The first-order valence-corrected chi connectivity index (χ1v) is 10.2. The second kappa shape index (κ2) is 8.02. The first-order valence-electron chi connectivity index (χ1n) is 10.2. The Morgan fingerprint density at radius 2 is 1.74 bits per heavy atom. The molecule has 0 bridgehead atoms. The van der Waals surface area contributed by atoms with E-state index in [0.29, 0.717) is 30.3 Å². The summed E-state index contributed by atoms with van der Waals surface area (Å²) in [5.74, 6) is 1.92. The summed E-state index contributed by atoms with van der Waals surface area (Å²) >= 11 is 0. The molecule has 156 valence electrons. The summed E-state index contributed by atoms with van der Waals surface area (Å²) in [7, 11) is 0. The zero-order chi connectivity index (χ0) is 21.2. The smallest absolute Gasteiger partial charge is 0.257 e. The Kier molecular flexibility index (Phi) is 4.92. The lowest BCUT2D eigenvalue weighted by molar-refractivity contribution is 0.0939. The minimum atomic E-state index is -0.221. The summed E-state index contributed by atoms with van der Waals surface area (Å²) in [6, 6.07) is 19.1. The molecule has 0 radical (unpaired) electrons. The van der Waals surface area contributed by atoms with Crippen molar-refractivity contribution >= 4 is 5.91 Å².